The zero-order valence-electron chi connectivity index (χ0n) is 13.9. The number of fused-ring (bicyclic) bond motifs is 1. The zero-order chi connectivity index (χ0) is 15.9. The van der Waals surface area contributed by atoms with Crippen molar-refractivity contribution in [3.63, 3.8) is 0 Å². The SMILES string of the molecule is CCCCCCCCCC(O)C=CC1C(O)C[C@@H]2C(=O)C[C@@H]12. The van der Waals surface area contributed by atoms with E-state index in [4.69, 9.17) is 0 Å². The number of Topliss-reactive ketones (excluding diaryl/α,β-unsaturated/α-hetero) is 1. The molecule has 5 atom stereocenters. The summed E-state index contributed by atoms with van der Waals surface area (Å²) in [5.41, 5.74) is 0. The van der Waals surface area contributed by atoms with E-state index in [1.165, 1.54) is 38.5 Å². The molecule has 2 N–H and O–H groups in total. The average molecular weight is 308 g/mol. The van der Waals surface area contributed by atoms with Gasteiger partial charge in [-0.05, 0) is 18.8 Å². The summed E-state index contributed by atoms with van der Waals surface area (Å²) in [6.45, 7) is 2.23. The molecule has 22 heavy (non-hydrogen) atoms. The van der Waals surface area contributed by atoms with Crippen molar-refractivity contribution in [2.75, 3.05) is 0 Å². The van der Waals surface area contributed by atoms with Crippen LogP contribution in [0.2, 0.25) is 0 Å². The third-order valence-corrected chi connectivity index (χ3v) is 5.46. The number of rotatable bonds is 10. The van der Waals surface area contributed by atoms with Gasteiger partial charge in [-0.3, -0.25) is 4.79 Å². The lowest BCUT2D eigenvalue weighted by Gasteiger charge is -2.31. The van der Waals surface area contributed by atoms with Crippen molar-refractivity contribution in [1.82, 2.24) is 0 Å². The predicted molar refractivity (Wildman–Crippen MR) is 88.5 cm³/mol. The number of unbranched alkanes of at least 4 members (excludes halogenated alkanes) is 6. The van der Waals surface area contributed by atoms with Gasteiger partial charge in [0.15, 0.2) is 0 Å². The zero-order valence-corrected chi connectivity index (χ0v) is 13.9. The Morgan fingerprint density at radius 1 is 1.18 bits per heavy atom. The lowest BCUT2D eigenvalue weighted by atomic mass is 9.71. The van der Waals surface area contributed by atoms with E-state index in [1.807, 2.05) is 12.2 Å². The molecule has 2 rings (SSSR count). The number of carbonyl (C=O) groups is 1. The van der Waals surface area contributed by atoms with Crippen molar-refractivity contribution in [1.29, 1.82) is 0 Å². The first kappa shape index (κ1) is 17.7. The Labute approximate surface area is 134 Å². The first-order valence-electron chi connectivity index (χ1n) is 9.20. The lowest BCUT2D eigenvalue weighted by Crippen LogP contribution is -2.35. The summed E-state index contributed by atoms with van der Waals surface area (Å²) in [6.07, 6.45) is 13.8. The van der Waals surface area contributed by atoms with Gasteiger partial charge in [0, 0.05) is 18.3 Å². The van der Waals surface area contributed by atoms with Gasteiger partial charge in [-0.1, -0.05) is 64.0 Å². The number of aliphatic hydroxyl groups is 2. The molecule has 0 aromatic heterocycles. The highest BCUT2D eigenvalue weighted by molar-refractivity contribution is 5.88. The fourth-order valence-corrected chi connectivity index (χ4v) is 3.95. The van der Waals surface area contributed by atoms with Crippen molar-refractivity contribution >= 4 is 5.78 Å². The fraction of sp³-hybridized carbons (Fsp3) is 0.842. The Bertz CT molecular complexity index is 377. The first-order chi connectivity index (χ1) is 10.6. The van der Waals surface area contributed by atoms with E-state index < -0.39 is 12.2 Å². The van der Waals surface area contributed by atoms with Gasteiger partial charge in [0.1, 0.15) is 5.78 Å². The summed E-state index contributed by atoms with van der Waals surface area (Å²) >= 11 is 0. The van der Waals surface area contributed by atoms with Gasteiger partial charge in [0.2, 0.25) is 0 Å². The standard InChI is InChI=1S/C19H32O3/c1-2-3-4-5-6-7-8-9-14(20)10-11-15-16-12-19(22)17(16)13-18(15)21/h10-11,14-18,20-21H,2-9,12-13H2,1H3/t14?,15?,16-,17-,18?/m0/s1. The Balaban J connectivity index is 1.59. The molecule has 3 nitrogen and oxygen atoms in total. The monoisotopic (exact) mass is 308 g/mol. The van der Waals surface area contributed by atoms with Crippen LogP contribution in [0, 0.1) is 17.8 Å². The molecule has 2 aliphatic carbocycles. The topological polar surface area (TPSA) is 57.5 Å². The summed E-state index contributed by atoms with van der Waals surface area (Å²) in [7, 11) is 0. The van der Waals surface area contributed by atoms with Crippen LogP contribution in [-0.2, 0) is 4.79 Å². The molecule has 0 bridgehead atoms. The van der Waals surface area contributed by atoms with E-state index in [-0.39, 0.29) is 11.8 Å². The van der Waals surface area contributed by atoms with Crippen LogP contribution in [0.3, 0.4) is 0 Å². The Morgan fingerprint density at radius 3 is 2.50 bits per heavy atom. The average Bonchev–Trinajstić information content (AvgIpc) is 2.75. The van der Waals surface area contributed by atoms with Gasteiger partial charge >= 0.3 is 0 Å². The van der Waals surface area contributed by atoms with E-state index in [2.05, 4.69) is 6.92 Å². The number of hydrogen-bond donors (Lipinski definition) is 2. The van der Waals surface area contributed by atoms with Gasteiger partial charge in [0.05, 0.1) is 12.2 Å². The van der Waals surface area contributed by atoms with E-state index in [1.54, 1.807) is 0 Å². The van der Waals surface area contributed by atoms with Crippen molar-refractivity contribution in [2.24, 2.45) is 17.8 Å². The first-order valence-corrected chi connectivity index (χ1v) is 9.20. The quantitative estimate of drug-likeness (QED) is 0.478. The predicted octanol–water partition coefficient (Wildman–Crippen LogP) is 3.63. The summed E-state index contributed by atoms with van der Waals surface area (Å²) in [6, 6.07) is 0. The molecule has 0 saturated heterocycles. The Kier molecular flexibility index (Phi) is 7.10. The number of hydrogen-bond acceptors (Lipinski definition) is 3. The van der Waals surface area contributed by atoms with Gasteiger partial charge in [-0.15, -0.1) is 0 Å². The number of carbonyl (C=O) groups excluding carboxylic acids is 1. The molecule has 0 radical (unpaired) electrons. The largest absolute Gasteiger partial charge is 0.392 e. The van der Waals surface area contributed by atoms with Gasteiger partial charge in [-0.25, -0.2) is 0 Å². The highest BCUT2D eigenvalue weighted by atomic mass is 16.3. The summed E-state index contributed by atoms with van der Waals surface area (Å²) in [4.78, 5) is 11.4. The lowest BCUT2D eigenvalue weighted by molar-refractivity contribution is -0.133. The van der Waals surface area contributed by atoms with E-state index in [9.17, 15) is 15.0 Å². The Morgan fingerprint density at radius 2 is 1.86 bits per heavy atom. The molecule has 3 unspecified atom stereocenters. The van der Waals surface area contributed by atoms with Crippen molar-refractivity contribution in [3.8, 4) is 0 Å². The molecular weight excluding hydrogens is 276 g/mol. The third kappa shape index (κ3) is 4.66. The maximum atomic E-state index is 11.4. The summed E-state index contributed by atoms with van der Waals surface area (Å²) in [5, 5.41) is 20.1. The fourth-order valence-electron chi connectivity index (χ4n) is 3.95. The van der Waals surface area contributed by atoms with Crippen molar-refractivity contribution < 1.29 is 15.0 Å². The van der Waals surface area contributed by atoms with Crippen LogP contribution >= 0.6 is 0 Å². The molecule has 2 aliphatic rings. The second kappa shape index (κ2) is 8.83. The minimum Gasteiger partial charge on any atom is -0.392 e. The minimum atomic E-state index is -0.405. The van der Waals surface area contributed by atoms with E-state index in [0.29, 0.717) is 24.5 Å². The molecule has 0 amide bonds. The van der Waals surface area contributed by atoms with Gasteiger partial charge < -0.3 is 10.2 Å². The summed E-state index contributed by atoms with van der Waals surface area (Å²) < 4.78 is 0. The highest BCUT2D eigenvalue weighted by Gasteiger charge is 2.51. The van der Waals surface area contributed by atoms with Crippen LogP contribution in [0.25, 0.3) is 0 Å². The van der Waals surface area contributed by atoms with Crippen LogP contribution in [0.15, 0.2) is 12.2 Å². The molecule has 0 heterocycles. The normalized spacial score (nSPS) is 32.2. The van der Waals surface area contributed by atoms with Crippen LogP contribution in [0.5, 0.6) is 0 Å². The second-order valence-corrected chi connectivity index (χ2v) is 7.18. The molecule has 0 aliphatic heterocycles. The molecule has 2 saturated carbocycles. The van der Waals surface area contributed by atoms with Crippen LogP contribution in [-0.4, -0.2) is 28.2 Å². The van der Waals surface area contributed by atoms with Gasteiger partial charge in [-0.2, -0.15) is 0 Å². The van der Waals surface area contributed by atoms with Crippen molar-refractivity contribution in [2.45, 2.75) is 83.3 Å². The maximum absolute atomic E-state index is 11.4. The minimum absolute atomic E-state index is 0.0754. The van der Waals surface area contributed by atoms with Crippen LogP contribution in [0.4, 0.5) is 0 Å². The maximum Gasteiger partial charge on any atom is 0.136 e. The van der Waals surface area contributed by atoms with E-state index in [0.717, 1.165) is 12.8 Å². The third-order valence-electron chi connectivity index (χ3n) is 5.46. The number of ketones is 1. The molecule has 3 heteroatoms. The molecule has 126 valence electrons. The molecule has 2 fully saturated rings. The molecular formula is C19H32O3. The Hall–Kier alpha value is -0.670. The van der Waals surface area contributed by atoms with Gasteiger partial charge in [0.25, 0.3) is 0 Å². The van der Waals surface area contributed by atoms with Crippen LogP contribution in [0.1, 0.15) is 71.1 Å². The molecule has 0 aromatic rings. The van der Waals surface area contributed by atoms with E-state index >= 15 is 0 Å². The molecule has 0 aromatic carbocycles. The highest BCUT2D eigenvalue weighted by Crippen LogP contribution is 2.48. The smallest absolute Gasteiger partial charge is 0.136 e. The molecule has 0 spiro atoms. The second-order valence-electron chi connectivity index (χ2n) is 7.18. The van der Waals surface area contributed by atoms with Crippen LogP contribution < -0.4 is 0 Å². The number of aliphatic hydroxyl groups excluding tert-OH is 2. The summed E-state index contributed by atoms with van der Waals surface area (Å²) in [5.74, 6) is 0.796. The van der Waals surface area contributed by atoms with Crippen molar-refractivity contribution in [3.05, 3.63) is 12.2 Å².